The highest BCUT2D eigenvalue weighted by molar-refractivity contribution is 7.11. The predicted octanol–water partition coefficient (Wildman–Crippen LogP) is 7.94. The van der Waals surface area contributed by atoms with Gasteiger partial charge in [-0.2, -0.15) is 5.26 Å². The first-order chi connectivity index (χ1) is 15.2. The average molecular weight is 439 g/mol. The molecule has 5 rings (SSSR count). The van der Waals surface area contributed by atoms with Crippen molar-refractivity contribution in [2.45, 2.75) is 0 Å². The lowest BCUT2D eigenvalue weighted by molar-refractivity contribution is 0.572. The van der Waals surface area contributed by atoms with Crippen molar-refractivity contribution in [3.8, 4) is 28.7 Å². The normalized spacial score (nSPS) is 11.5. The summed E-state index contributed by atoms with van der Waals surface area (Å²) in [6.45, 7) is 0. The summed E-state index contributed by atoms with van der Waals surface area (Å²) in [7, 11) is 0. The van der Waals surface area contributed by atoms with Crippen LogP contribution in [0.25, 0.3) is 45.0 Å². The predicted molar refractivity (Wildman–Crippen MR) is 128 cm³/mol. The molecule has 0 amide bonds. The van der Waals surface area contributed by atoms with E-state index in [1.165, 1.54) is 11.3 Å². The van der Waals surface area contributed by atoms with E-state index in [1.807, 2.05) is 60.0 Å². The van der Waals surface area contributed by atoms with Gasteiger partial charge in [0.05, 0.1) is 11.3 Å². The van der Waals surface area contributed by atoms with Crippen LogP contribution in [-0.2, 0) is 0 Å². The quantitative estimate of drug-likeness (QED) is 0.267. The van der Waals surface area contributed by atoms with Gasteiger partial charge in [0.25, 0.3) is 0 Å². The molecule has 0 N–H and O–H groups in total. The van der Waals surface area contributed by atoms with Gasteiger partial charge in [-0.1, -0.05) is 66.2 Å². The number of furan rings is 1. The van der Waals surface area contributed by atoms with Gasteiger partial charge < -0.3 is 4.42 Å². The van der Waals surface area contributed by atoms with Crippen molar-refractivity contribution in [1.82, 2.24) is 4.98 Å². The van der Waals surface area contributed by atoms with E-state index in [1.54, 1.807) is 6.08 Å². The third-order valence-corrected chi connectivity index (χ3v) is 6.05. The number of halogens is 1. The fraction of sp³-hybridized carbons (Fsp3) is 0. The standard InChI is InChI=1S/C26H15ClN2OS/c27-20-8-3-7-18(13-20)25-12-11-21(30-25)14-19(15-28)26-29-24(16-31-26)23-10-4-6-17-5-1-2-9-22(17)23/h1-14,16H. The van der Waals surface area contributed by atoms with E-state index in [4.69, 9.17) is 21.0 Å². The van der Waals surface area contributed by atoms with Crippen molar-refractivity contribution < 1.29 is 4.42 Å². The third-order valence-electron chi connectivity index (χ3n) is 4.94. The number of nitriles is 1. The number of hydrogen-bond donors (Lipinski definition) is 0. The fourth-order valence-electron chi connectivity index (χ4n) is 3.48. The molecule has 2 heterocycles. The van der Waals surface area contributed by atoms with Gasteiger partial charge in [-0.05, 0) is 35.0 Å². The van der Waals surface area contributed by atoms with E-state index in [2.05, 4.69) is 30.3 Å². The lowest BCUT2D eigenvalue weighted by Crippen LogP contribution is -1.84. The summed E-state index contributed by atoms with van der Waals surface area (Å²) >= 11 is 7.52. The Morgan fingerprint density at radius 1 is 1.00 bits per heavy atom. The minimum Gasteiger partial charge on any atom is -0.457 e. The van der Waals surface area contributed by atoms with Crippen molar-refractivity contribution in [3.63, 3.8) is 0 Å². The highest BCUT2D eigenvalue weighted by Crippen LogP contribution is 2.32. The molecule has 2 aromatic heterocycles. The molecule has 0 saturated heterocycles. The number of rotatable bonds is 4. The van der Waals surface area contributed by atoms with Gasteiger partial charge in [0.15, 0.2) is 0 Å². The Balaban J connectivity index is 1.48. The monoisotopic (exact) mass is 438 g/mol. The summed E-state index contributed by atoms with van der Waals surface area (Å²) in [5.41, 5.74) is 3.26. The first kappa shape index (κ1) is 19.3. The molecule has 0 aliphatic rings. The van der Waals surface area contributed by atoms with Gasteiger partial charge in [0.1, 0.15) is 22.6 Å². The molecule has 0 saturated carbocycles. The molecule has 148 valence electrons. The Morgan fingerprint density at radius 2 is 1.84 bits per heavy atom. The second kappa shape index (κ2) is 8.23. The molecule has 0 fully saturated rings. The summed E-state index contributed by atoms with van der Waals surface area (Å²) < 4.78 is 5.92. The van der Waals surface area contributed by atoms with Crippen LogP contribution in [0.5, 0.6) is 0 Å². The van der Waals surface area contributed by atoms with Crippen LogP contribution in [0, 0.1) is 11.3 Å². The minimum absolute atomic E-state index is 0.462. The van der Waals surface area contributed by atoms with Gasteiger partial charge in [-0.3, -0.25) is 0 Å². The summed E-state index contributed by atoms with van der Waals surface area (Å²) in [5, 5.41) is 15.3. The first-order valence-corrected chi connectivity index (χ1v) is 10.9. The van der Waals surface area contributed by atoms with Gasteiger partial charge in [-0.15, -0.1) is 11.3 Å². The Morgan fingerprint density at radius 3 is 2.71 bits per heavy atom. The molecule has 3 aromatic carbocycles. The molecule has 0 radical (unpaired) electrons. The van der Waals surface area contributed by atoms with Crippen molar-refractivity contribution in [3.05, 3.63) is 100 Å². The molecule has 0 atom stereocenters. The average Bonchev–Trinajstić information content (AvgIpc) is 3.47. The number of aromatic nitrogens is 1. The lowest BCUT2D eigenvalue weighted by Gasteiger charge is -2.03. The molecule has 0 bridgehead atoms. The van der Waals surface area contributed by atoms with Crippen LogP contribution in [-0.4, -0.2) is 4.98 Å². The highest BCUT2D eigenvalue weighted by atomic mass is 35.5. The van der Waals surface area contributed by atoms with Crippen LogP contribution >= 0.6 is 22.9 Å². The van der Waals surface area contributed by atoms with E-state index >= 15 is 0 Å². The second-order valence-electron chi connectivity index (χ2n) is 6.95. The minimum atomic E-state index is 0.462. The van der Waals surface area contributed by atoms with Gasteiger partial charge in [0, 0.05) is 27.6 Å². The molecular weight excluding hydrogens is 424 g/mol. The van der Waals surface area contributed by atoms with E-state index in [-0.39, 0.29) is 0 Å². The zero-order chi connectivity index (χ0) is 21.2. The Kier molecular flexibility index (Phi) is 5.13. The molecule has 0 unspecified atom stereocenters. The van der Waals surface area contributed by atoms with Crippen molar-refractivity contribution in [2.24, 2.45) is 0 Å². The Hall–Kier alpha value is -3.65. The number of thiazole rings is 1. The van der Waals surface area contributed by atoms with Crippen LogP contribution in [0.4, 0.5) is 0 Å². The van der Waals surface area contributed by atoms with E-state index in [9.17, 15) is 5.26 Å². The van der Waals surface area contributed by atoms with Crippen molar-refractivity contribution >= 4 is 45.4 Å². The van der Waals surface area contributed by atoms with Crippen LogP contribution < -0.4 is 0 Å². The number of allylic oxidation sites excluding steroid dienone is 1. The molecule has 5 aromatic rings. The topological polar surface area (TPSA) is 49.8 Å². The smallest absolute Gasteiger partial charge is 0.134 e. The Labute approximate surface area is 188 Å². The van der Waals surface area contributed by atoms with Crippen LogP contribution in [0.15, 0.2) is 88.7 Å². The SMILES string of the molecule is N#CC(=Cc1ccc(-c2cccc(Cl)c2)o1)c1nc(-c2cccc3ccccc23)cs1. The maximum Gasteiger partial charge on any atom is 0.134 e. The summed E-state index contributed by atoms with van der Waals surface area (Å²) in [5.74, 6) is 1.29. The zero-order valence-corrected chi connectivity index (χ0v) is 17.8. The lowest BCUT2D eigenvalue weighted by atomic mass is 10.0. The van der Waals surface area contributed by atoms with E-state index < -0.39 is 0 Å². The van der Waals surface area contributed by atoms with Gasteiger partial charge >= 0.3 is 0 Å². The summed E-state index contributed by atoms with van der Waals surface area (Å²) in [6, 6.07) is 27.8. The van der Waals surface area contributed by atoms with Gasteiger partial charge in [-0.25, -0.2) is 4.98 Å². The molecule has 0 aliphatic heterocycles. The number of nitrogens with zero attached hydrogens (tertiary/aromatic N) is 2. The van der Waals surface area contributed by atoms with Crippen molar-refractivity contribution in [2.75, 3.05) is 0 Å². The maximum atomic E-state index is 9.74. The van der Waals surface area contributed by atoms with Gasteiger partial charge in [0.2, 0.25) is 0 Å². The highest BCUT2D eigenvalue weighted by Gasteiger charge is 2.12. The molecule has 31 heavy (non-hydrogen) atoms. The second-order valence-corrected chi connectivity index (χ2v) is 8.24. The van der Waals surface area contributed by atoms with Crippen LogP contribution in [0.2, 0.25) is 5.02 Å². The molecule has 5 heteroatoms. The summed E-state index contributed by atoms with van der Waals surface area (Å²) in [6.07, 6.45) is 1.72. The molecular formula is C26H15ClN2OS. The molecule has 0 aliphatic carbocycles. The molecule has 0 spiro atoms. The van der Waals surface area contributed by atoms with Crippen LogP contribution in [0.3, 0.4) is 0 Å². The molecule has 3 nitrogen and oxygen atoms in total. The largest absolute Gasteiger partial charge is 0.457 e. The number of benzene rings is 3. The first-order valence-electron chi connectivity index (χ1n) is 9.63. The van der Waals surface area contributed by atoms with Crippen LogP contribution in [0.1, 0.15) is 10.8 Å². The van der Waals surface area contributed by atoms with Crippen molar-refractivity contribution in [1.29, 1.82) is 5.26 Å². The zero-order valence-electron chi connectivity index (χ0n) is 16.2. The van der Waals surface area contributed by atoms with E-state index in [0.717, 1.165) is 27.6 Å². The Bertz CT molecular complexity index is 1470. The maximum absolute atomic E-state index is 9.74. The summed E-state index contributed by atoms with van der Waals surface area (Å²) in [4.78, 5) is 4.74. The fourth-order valence-corrected chi connectivity index (χ4v) is 4.46. The number of hydrogen-bond acceptors (Lipinski definition) is 4. The number of fused-ring (bicyclic) bond motifs is 1. The van der Waals surface area contributed by atoms with E-state index in [0.29, 0.717) is 27.1 Å². The third kappa shape index (κ3) is 3.89.